The second-order valence-electron chi connectivity index (χ2n) is 11.7. The van der Waals surface area contributed by atoms with Gasteiger partial charge in [-0.2, -0.15) is 0 Å². The molecule has 1 heterocycles. The van der Waals surface area contributed by atoms with Crippen LogP contribution < -0.4 is 10.0 Å². The Morgan fingerprint density at radius 3 is 2.26 bits per heavy atom. The Hall–Kier alpha value is -3.17. The van der Waals surface area contributed by atoms with Crippen LogP contribution in [0.1, 0.15) is 75.6 Å². The summed E-state index contributed by atoms with van der Waals surface area (Å²) in [6.07, 6.45) is 4.48. The molecule has 5 rings (SSSR count). The summed E-state index contributed by atoms with van der Waals surface area (Å²) in [5.41, 5.74) is 1.70. The average Bonchev–Trinajstić information content (AvgIpc) is 3.70. The first-order valence-electron chi connectivity index (χ1n) is 13.7. The van der Waals surface area contributed by atoms with Gasteiger partial charge in [0.25, 0.3) is 0 Å². The highest BCUT2D eigenvalue weighted by atomic mass is 32.2. The van der Waals surface area contributed by atoms with Crippen LogP contribution in [-0.4, -0.2) is 36.0 Å². The van der Waals surface area contributed by atoms with Gasteiger partial charge >= 0.3 is 5.97 Å². The van der Waals surface area contributed by atoms with Crippen LogP contribution in [0, 0.1) is 11.3 Å². The van der Waals surface area contributed by atoms with E-state index in [1.807, 2.05) is 43.4 Å². The van der Waals surface area contributed by atoms with E-state index in [4.69, 9.17) is 0 Å². The van der Waals surface area contributed by atoms with Gasteiger partial charge in [-0.1, -0.05) is 36.4 Å². The number of amides is 1. The van der Waals surface area contributed by atoms with Gasteiger partial charge in [0.05, 0.1) is 16.4 Å². The summed E-state index contributed by atoms with van der Waals surface area (Å²) in [5.74, 6) is -0.916. The summed E-state index contributed by atoms with van der Waals surface area (Å²) < 4.78 is 31.4. The molecule has 0 saturated heterocycles. The number of nitrogens with zero attached hydrogens (tertiary/aromatic N) is 1. The fourth-order valence-electron chi connectivity index (χ4n) is 5.74. The highest BCUT2D eigenvalue weighted by Gasteiger charge is 2.40. The Balaban J connectivity index is 1.23. The first-order chi connectivity index (χ1) is 18.5. The zero-order chi connectivity index (χ0) is 27.9. The molecule has 9 heteroatoms. The second-order valence-corrected chi connectivity index (χ2v) is 13.4. The molecule has 208 valence electrons. The van der Waals surface area contributed by atoms with Gasteiger partial charge in [-0.15, -0.1) is 0 Å². The lowest BCUT2D eigenvalue weighted by molar-refractivity contribution is -0.149. The molecule has 1 atom stereocenters. The van der Waals surface area contributed by atoms with Crippen LogP contribution in [0.25, 0.3) is 10.9 Å². The molecular weight excluding hydrogens is 514 g/mol. The number of rotatable bonds is 9. The topological polar surface area (TPSA) is 118 Å². The van der Waals surface area contributed by atoms with Crippen molar-refractivity contribution in [1.29, 1.82) is 0 Å². The predicted octanol–water partition coefficient (Wildman–Crippen LogP) is 4.86. The van der Waals surface area contributed by atoms with E-state index >= 15 is 0 Å². The molecule has 1 aromatic heterocycles. The number of carboxylic acid groups (broad SMARTS) is 1. The molecule has 3 N–H and O–H groups in total. The minimum atomic E-state index is -3.71. The van der Waals surface area contributed by atoms with E-state index in [1.165, 1.54) is 18.5 Å². The standard InChI is InChI=1S/C30H37N3O5S/c1-30(2,29(35)36)27(20-7-5-4-6-8-20)31-28(34)21-11-14-23(15-12-21)32-39(37,38)24-16-13-22-17-25(19-9-10-19)33(3)26(22)18-24/h4-8,13,16-19,21,23,27,32H,9-12,14-15H2,1-3H3,(H,31,34)(H,35,36). The zero-order valence-corrected chi connectivity index (χ0v) is 23.5. The van der Waals surface area contributed by atoms with Crippen LogP contribution in [0.4, 0.5) is 0 Å². The minimum absolute atomic E-state index is 0.194. The lowest BCUT2D eigenvalue weighted by Crippen LogP contribution is -2.46. The summed E-state index contributed by atoms with van der Waals surface area (Å²) in [7, 11) is -1.72. The molecule has 0 radical (unpaired) electrons. The van der Waals surface area contributed by atoms with Crippen LogP contribution in [0.3, 0.4) is 0 Å². The van der Waals surface area contributed by atoms with Crippen molar-refractivity contribution in [3.8, 4) is 0 Å². The third-order valence-electron chi connectivity index (χ3n) is 8.47. The molecule has 0 spiro atoms. The maximum atomic E-state index is 13.2. The molecule has 0 bridgehead atoms. The average molecular weight is 552 g/mol. The van der Waals surface area contributed by atoms with Crippen molar-refractivity contribution >= 4 is 32.8 Å². The normalized spacial score (nSPS) is 21.0. The van der Waals surface area contributed by atoms with Gasteiger partial charge < -0.3 is 15.0 Å². The summed E-state index contributed by atoms with van der Waals surface area (Å²) in [6, 6.07) is 15.6. The third kappa shape index (κ3) is 5.61. The van der Waals surface area contributed by atoms with E-state index in [-0.39, 0.29) is 22.8 Å². The molecule has 0 aliphatic heterocycles. The number of aromatic nitrogens is 1. The van der Waals surface area contributed by atoms with Crippen molar-refractivity contribution < 1.29 is 23.1 Å². The molecule has 8 nitrogen and oxygen atoms in total. The van der Waals surface area contributed by atoms with Crippen LogP contribution >= 0.6 is 0 Å². The van der Waals surface area contributed by atoms with Gasteiger partial charge in [0.2, 0.25) is 15.9 Å². The lowest BCUT2D eigenvalue weighted by atomic mass is 9.79. The predicted molar refractivity (Wildman–Crippen MR) is 150 cm³/mol. The largest absolute Gasteiger partial charge is 0.481 e. The van der Waals surface area contributed by atoms with Crippen molar-refractivity contribution in [2.24, 2.45) is 18.4 Å². The smallest absolute Gasteiger partial charge is 0.311 e. The monoisotopic (exact) mass is 551 g/mol. The number of aliphatic carboxylic acids is 1. The Morgan fingerprint density at radius 2 is 1.64 bits per heavy atom. The summed E-state index contributed by atoms with van der Waals surface area (Å²) >= 11 is 0. The number of sulfonamides is 1. The molecule has 39 heavy (non-hydrogen) atoms. The molecule has 2 aliphatic carbocycles. The third-order valence-corrected chi connectivity index (χ3v) is 9.99. The Morgan fingerprint density at radius 1 is 0.974 bits per heavy atom. The van der Waals surface area contributed by atoms with E-state index in [2.05, 4.69) is 20.7 Å². The first-order valence-corrected chi connectivity index (χ1v) is 15.2. The number of aryl methyl sites for hydroxylation is 1. The Kier molecular flexibility index (Phi) is 7.33. The highest BCUT2D eigenvalue weighted by Crippen LogP contribution is 2.42. The fourth-order valence-corrected chi connectivity index (χ4v) is 7.06. The van der Waals surface area contributed by atoms with E-state index in [1.54, 1.807) is 26.0 Å². The number of hydrogen-bond donors (Lipinski definition) is 3. The van der Waals surface area contributed by atoms with Crippen molar-refractivity contribution in [1.82, 2.24) is 14.6 Å². The lowest BCUT2D eigenvalue weighted by Gasteiger charge is -2.34. The number of carboxylic acids is 1. The van der Waals surface area contributed by atoms with Gasteiger partial charge in [-0.05, 0) is 87.4 Å². The maximum Gasteiger partial charge on any atom is 0.311 e. The number of hydrogen-bond acceptors (Lipinski definition) is 4. The Labute approximate surface area is 229 Å². The molecule has 2 saturated carbocycles. The number of fused-ring (bicyclic) bond motifs is 1. The Bertz CT molecular complexity index is 1480. The van der Waals surface area contributed by atoms with Crippen molar-refractivity contribution in [3.05, 3.63) is 65.9 Å². The van der Waals surface area contributed by atoms with Gasteiger partial charge in [-0.3, -0.25) is 9.59 Å². The SMILES string of the molecule is Cn1c(C2CC2)cc2ccc(S(=O)(=O)NC3CCC(C(=O)NC(c4ccccc4)C(C)(C)C(=O)O)CC3)cc21. The van der Waals surface area contributed by atoms with Gasteiger partial charge in [0.1, 0.15) is 0 Å². The van der Waals surface area contributed by atoms with Crippen LogP contribution in [0.2, 0.25) is 0 Å². The molecule has 2 aliphatic rings. The summed E-state index contributed by atoms with van der Waals surface area (Å²) in [6.45, 7) is 3.22. The van der Waals surface area contributed by atoms with Crippen molar-refractivity contribution in [3.63, 3.8) is 0 Å². The number of nitrogens with one attached hydrogen (secondary N) is 2. The zero-order valence-electron chi connectivity index (χ0n) is 22.7. The molecule has 2 fully saturated rings. The van der Waals surface area contributed by atoms with Crippen LogP contribution in [0.15, 0.2) is 59.5 Å². The first kappa shape index (κ1) is 27.4. The molecular formula is C30H37N3O5S. The molecule has 2 aromatic carbocycles. The summed E-state index contributed by atoms with van der Waals surface area (Å²) in [4.78, 5) is 25.5. The van der Waals surface area contributed by atoms with E-state index < -0.39 is 27.4 Å². The molecule has 3 aromatic rings. The highest BCUT2D eigenvalue weighted by molar-refractivity contribution is 7.89. The van der Waals surface area contributed by atoms with Crippen molar-refractivity contribution in [2.75, 3.05) is 0 Å². The van der Waals surface area contributed by atoms with Gasteiger partial charge in [0.15, 0.2) is 0 Å². The van der Waals surface area contributed by atoms with E-state index in [9.17, 15) is 23.1 Å². The quantitative estimate of drug-likeness (QED) is 0.351. The van der Waals surface area contributed by atoms with E-state index in [0.717, 1.165) is 16.5 Å². The van der Waals surface area contributed by atoms with Gasteiger partial charge in [0, 0.05) is 30.2 Å². The van der Waals surface area contributed by atoms with Crippen LogP contribution in [-0.2, 0) is 26.7 Å². The number of benzene rings is 2. The van der Waals surface area contributed by atoms with Gasteiger partial charge in [-0.25, -0.2) is 13.1 Å². The number of carbonyl (C=O) groups excluding carboxylic acids is 1. The van der Waals surface area contributed by atoms with Crippen LogP contribution in [0.5, 0.6) is 0 Å². The number of carbonyl (C=O) groups is 2. The molecule has 1 unspecified atom stereocenters. The second kappa shape index (κ2) is 10.4. The minimum Gasteiger partial charge on any atom is -0.481 e. The fraction of sp³-hybridized carbons (Fsp3) is 0.467. The van der Waals surface area contributed by atoms with E-state index in [0.29, 0.717) is 31.6 Å². The maximum absolute atomic E-state index is 13.2. The molecule has 1 amide bonds. The summed E-state index contributed by atoms with van der Waals surface area (Å²) in [5, 5.41) is 13.9. The van der Waals surface area contributed by atoms with Crippen molar-refractivity contribution in [2.45, 2.75) is 75.3 Å².